The van der Waals surface area contributed by atoms with E-state index in [1.54, 1.807) is 42.5 Å². The quantitative estimate of drug-likeness (QED) is 0.636. The Kier molecular flexibility index (Phi) is 8.21. The van der Waals surface area contributed by atoms with Crippen LogP contribution in [-0.4, -0.2) is 43.5 Å². The lowest BCUT2D eigenvalue weighted by atomic mass is 10.2. The SMILES string of the molecule is CCN(c1ccc(NC(=O)COC(=O)CNC(=O)c2ccccc2)cc1)C(C)C. The van der Waals surface area contributed by atoms with Gasteiger partial charge in [0.15, 0.2) is 6.61 Å². The fourth-order valence-electron chi connectivity index (χ4n) is 2.82. The standard InChI is InChI=1S/C22H27N3O4/c1-4-25(16(2)3)19-12-10-18(11-13-19)24-20(26)15-29-21(27)14-23-22(28)17-8-6-5-7-9-17/h5-13,16H,4,14-15H2,1-3H3,(H,23,28)(H,24,26). The van der Waals surface area contributed by atoms with Crippen LogP contribution < -0.4 is 15.5 Å². The van der Waals surface area contributed by atoms with Gasteiger partial charge in [-0.25, -0.2) is 0 Å². The summed E-state index contributed by atoms with van der Waals surface area (Å²) in [4.78, 5) is 37.8. The van der Waals surface area contributed by atoms with Gasteiger partial charge in [0.05, 0.1) is 0 Å². The molecule has 0 aliphatic rings. The lowest BCUT2D eigenvalue weighted by molar-refractivity contribution is -0.146. The molecule has 0 aromatic heterocycles. The minimum Gasteiger partial charge on any atom is -0.454 e. The summed E-state index contributed by atoms with van der Waals surface area (Å²) in [6.45, 7) is 6.49. The van der Waals surface area contributed by atoms with Crippen LogP contribution in [0.15, 0.2) is 54.6 Å². The first-order valence-corrected chi connectivity index (χ1v) is 9.56. The van der Waals surface area contributed by atoms with Gasteiger partial charge in [-0.2, -0.15) is 0 Å². The molecule has 154 valence electrons. The minimum absolute atomic E-state index is 0.308. The lowest BCUT2D eigenvalue weighted by Gasteiger charge is -2.27. The molecular formula is C22H27N3O4. The van der Waals surface area contributed by atoms with Crippen molar-refractivity contribution in [3.8, 4) is 0 Å². The number of carbonyl (C=O) groups excluding carboxylic acids is 3. The van der Waals surface area contributed by atoms with Gasteiger partial charge in [-0.3, -0.25) is 14.4 Å². The van der Waals surface area contributed by atoms with Gasteiger partial charge in [0.1, 0.15) is 6.54 Å². The number of anilines is 2. The van der Waals surface area contributed by atoms with E-state index in [0.717, 1.165) is 12.2 Å². The van der Waals surface area contributed by atoms with E-state index < -0.39 is 18.5 Å². The van der Waals surface area contributed by atoms with Crippen molar-refractivity contribution < 1.29 is 19.1 Å². The Labute approximate surface area is 171 Å². The summed E-state index contributed by atoms with van der Waals surface area (Å²) >= 11 is 0. The summed E-state index contributed by atoms with van der Waals surface area (Å²) in [6.07, 6.45) is 0. The van der Waals surface area contributed by atoms with Crippen molar-refractivity contribution in [1.29, 1.82) is 0 Å². The highest BCUT2D eigenvalue weighted by Gasteiger charge is 2.12. The first-order chi connectivity index (χ1) is 13.9. The Morgan fingerprint density at radius 1 is 1.00 bits per heavy atom. The van der Waals surface area contributed by atoms with E-state index in [2.05, 4.69) is 36.3 Å². The van der Waals surface area contributed by atoms with Gasteiger partial charge >= 0.3 is 5.97 Å². The van der Waals surface area contributed by atoms with Crippen molar-refractivity contribution in [2.24, 2.45) is 0 Å². The molecule has 0 unspecified atom stereocenters. The number of benzene rings is 2. The van der Waals surface area contributed by atoms with Gasteiger partial charge in [-0.15, -0.1) is 0 Å². The molecule has 7 nitrogen and oxygen atoms in total. The molecule has 0 saturated carbocycles. The molecule has 2 amide bonds. The van der Waals surface area contributed by atoms with Crippen LogP contribution in [0.3, 0.4) is 0 Å². The summed E-state index contributed by atoms with van der Waals surface area (Å²) in [5, 5.41) is 5.13. The van der Waals surface area contributed by atoms with Gasteiger partial charge in [0.25, 0.3) is 11.8 Å². The van der Waals surface area contributed by atoms with Gasteiger partial charge in [-0.1, -0.05) is 18.2 Å². The number of nitrogens with one attached hydrogen (secondary N) is 2. The second kappa shape index (κ2) is 10.8. The van der Waals surface area contributed by atoms with Crippen LogP contribution in [0.5, 0.6) is 0 Å². The van der Waals surface area contributed by atoms with Gasteiger partial charge in [0.2, 0.25) is 0 Å². The van der Waals surface area contributed by atoms with Crippen molar-refractivity contribution >= 4 is 29.2 Å². The van der Waals surface area contributed by atoms with Crippen molar-refractivity contribution in [3.05, 3.63) is 60.2 Å². The van der Waals surface area contributed by atoms with E-state index in [9.17, 15) is 14.4 Å². The van der Waals surface area contributed by atoms with Crippen LogP contribution in [0.1, 0.15) is 31.1 Å². The average molecular weight is 397 g/mol. The fourth-order valence-corrected chi connectivity index (χ4v) is 2.82. The van der Waals surface area contributed by atoms with Crippen molar-refractivity contribution in [3.63, 3.8) is 0 Å². The third kappa shape index (κ3) is 6.95. The Hall–Kier alpha value is -3.35. The number of esters is 1. The maximum absolute atomic E-state index is 12.0. The molecule has 0 bridgehead atoms. The molecule has 2 aromatic rings. The predicted octanol–water partition coefficient (Wildman–Crippen LogP) is 2.83. The molecule has 0 aliphatic heterocycles. The van der Waals surface area contributed by atoms with Crippen molar-refractivity contribution in [2.45, 2.75) is 26.8 Å². The van der Waals surface area contributed by atoms with Gasteiger partial charge < -0.3 is 20.3 Å². The molecule has 7 heteroatoms. The van der Waals surface area contributed by atoms with Crippen LogP contribution in [0.2, 0.25) is 0 Å². The number of rotatable bonds is 9. The number of ether oxygens (including phenoxy) is 1. The molecule has 29 heavy (non-hydrogen) atoms. The minimum atomic E-state index is -0.685. The zero-order valence-corrected chi connectivity index (χ0v) is 17.0. The Morgan fingerprint density at radius 3 is 2.24 bits per heavy atom. The van der Waals surface area contributed by atoms with Crippen LogP contribution in [0.4, 0.5) is 11.4 Å². The van der Waals surface area contributed by atoms with Gasteiger partial charge in [-0.05, 0) is 57.2 Å². The number of carbonyl (C=O) groups is 3. The molecule has 0 aliphatic carbocycles. The predicted molar refractivity (Wildman–Crippen MR) is 113 cm³/mol. The largest absolute Gasteiger partial charge is 0.454 e. The molecule has 0 fully saturated rings. The second-order valence-corrected chi connectivity index (χ2v) is 6.68. The van der Waals surface area contributed by atoms with E-state index in [4.69, 9.17) is 4.74 Å². The van der Waals surface area contributed by atoms with Gasteiger partial charge in [0, 0.05) is 29.5 Å². The molecule has 0 spiro atoms. The smallest absolute Gasteiger partial charge is 0.325 e. The average Bonchev–Trinajstić information content (AvgIpc) is 2.72. The molecule has 0 saturated heterocycles. The van der Waals surface area contributed by atoms with Crippen LogP contribution in [0, 0.1) is 0 Å². The summed E-state index contributed by atoms with van der Waals surface area (Å²) < 4.78 is 4.90. The third-order valence-electron chi connectivity index (χ3n) is 4.24. The van der Waals surface area contributed by atoms with Crippen molar-refractivity contribution in [2.75, 3.05) is 29.9 Å². The molecule has 2 rings (SSSR count). The van der Waals surface area contributed by atoms with Crippen molar-refractivity contribution in [1.82, 2.24) is 5.32 Å². The Bertz CT molecular complexity index is 820. The highest BCUT2D eigenvalue weighted by molar-refractivity contribution is 5.96. The monoisotopic (exact) mass is 397 g/mol. The van der Waals surface area contributed by atoms with E-state index in [0.29, 0.717) is 17.3 Å². The van der Waals surface area contributed by atoms with E-state index in [-0.39, 0.29) is 12.5 Å². The Balaban J connectivity index is 1.75. The topological polar surface area (TPSA) is 87.7 Å². The summed E-state index contributed by atoms with van der Waals surface area (Å²) in [5.74, 6) is -1.51. The summed E-state index contributed by atoms with van der Waals surface area (Å²) in [5.41, 5.74) is 2.13. The zero-order valence-electron chi connectivity index (χ0n) is 17.0. The molecule has 2 aromatic carbocycles. The third-order valence-corrected chi connectivity index (χ3v) is 4.24. The summed E-state index contributed by atoms with van der Waals surface area (Å²) in [6, 6.07) is 16.4. The van der Waals surface area contributed by atoms with E-state index in [1.165, 1.54) is 0 Å². The Morgan fingerprint density at radius 2 is 1.66 bits per heavy atom. The fraction of sp³-hybridized carbons (Fsp3) is 0.318. The second-order valence-electron chi connectivity index (χ2n) is 6.68. The summed E-state index contributed by atoms with van der Waals surface area (Å²) in [7, 11) is 0. The first kappa shape index (κ1) is 21.9. The maximum atomic E-state index is 12.0. The maximum Gasteiger partial charge on any atom is 0.325 e. The number of hydrogen-bond donors (Lipinski definition) is 2. The van der Waals surface area contributed by atoms with Crippen LogP contribution in [-0.2, 0) is 14.3 Å². The molecule has 0 heterocycles. The first-order valence-electron chi connectivity index (χ1n) is 9.56. The number of amides is 2. The zero-order chi connectivity index (χ0) is 21.2. The number of hydrogen-bond acceptors (Lipinski definition) is 5. The van der Waals surface area contributed by atoms with Crippen LogP contribution in [0.25, 0.3) is 0 Å². The highest BCUT2D eigenvalue weighted by atomic mass is 16.5. The highest BCUT2D eigenvalue weighted by Crippen LogP contribution is 2.19. The van der Waals surface area contributed by atoms with E-state index >= 15 is 0 Å². The molecule has 0 atom stereocenters. The molecule has 2 N–H and O–H groups in total. The number of nitrogens with zero attached hydrogens (tertiary/aromatic N) is 1. The lowest BCUT2D eigenvalue weighted by Crippen LogP contribution is -2.32. The van der Waals surface area contributed by atoms with E-state index in [1.807, 2.05) is 12.1 Å². The molecule has 0 radical (unpaired) electrons. The normalized spacial score (nSPS) is 10.3. The molecular weight excluding hydrogens is 370 g/mol. The van der Waals surface area contributed by atoms with Crippen LogP contribution >= 0.6 is 0 Å².